The predicted molar refractivity (Wildman–Crippen MR) is 91.5 cm³/mol. The van der Waals surface area contributed by atoms with Crippen molar-refractivity contribution in [1.82, 2.24) is 0 Å². The van der Waals surface area contributed by atoms with Crippen LogP contribution in [0.3, 0.4) is 0 Å². The van der Waals surface area contributed by atoms with E-state index in [4.69, 9.17) is 9.47 Å². The molecule has 2 rings (SSSR count). The Morgan fingerprint density at radius 1 is 1.12 bits per heavy atom. The van der Waals surface area contributed by atoms with Crippen LogP contribution >= 0.6 is 15.9 Å². The first kappa shape index (κ1) is 18.1. The van der Waals surface area contributed by atoms with Crippen LogP contribution in [0.2, 0.25) is 0 Å². The molecule has 0 bridgehead atoms. The molecule has 0 aliphatic rings. The number of hydrogen-bond donors (Lipinski definition) is 2. The van der Waals surface area contributed by atoms with E-state index in [0.29, 0.717) is 10.2 Å². The molecule has 0 spiro atoms. The number of hydrogen-bond acceptors (Lipinski definition) is 5. The zero-order valence-corrected chi connectivity index (χ0v) is 15.1. The topological polar surface area (TPSA) is 102 Å². The van der Waals surface area contributed by atoms with Crippen molar-refractivity contribution in [1.29, 1.82) is 0 Å². The minimum absolute atomic E-state index is 0.0597. The normalized spacial score (nSPS) is 11.0. The number of ether oxygens (including phenoxy) is 2. The molecule has 0 aromatic heterocycles. The molecule has 24 heavy (non-hydrogen) atoms. The summed E-state index contributed by atoms with van der Waals surface area (Å²) < 4.78 is 38.2. The van der Waals surface area contributed by atoms with Gasteiger partial charge >= 0.3 is 5.97 Å². The van der Waals surface area contributed by atoms with Gasteiger partial charge in [0.2, 0.25) is 0 Å². The molecule has 2 aromatic rings. The fourth-order valence-electron chi connectivity index (χ4n) is 1.98. The van der Waals surface area contributed by atoms with E-state index in [1.165, 1.54) is 44.6 Å². The predicted octanol–water partition coefficient (Wildman–Crippen LogP) is 2.97. The number of rotatable bonds is 6. The Balaban J connectivity index is 2.52. The van der Waals surface area contributed by atoms with Gasteiger partial charge in [-0.2, -0.15) is 0 Å². The van der Waals surface area contributed by atoms with E-state index in [-0.39, 0.29) is 21.9 Å². The average molecular weight is 416 g/mol. The lowest BCUT2D eigenvalue weighted by Gasteiger charge is -2.14. The van der Waals surface area contributed by atoms with Crippen LogP contribution in [-0.4, -0.2) is 33.7 Å². The maximum atomic E-state index is 12.7. The van der Waals surface area contributed by atoms with Gasteiger partial charge in [-0.3, -0.25) is 4.72 Å². The van der Waals surface area contributed by atoms with Crippen LogP contribution in [0.25, 0.3) is 0 Å². The zero-order valence-electron chi connectivity index (χ0n) is 12.7. The van der Waals surface area contributed by atoms with Crippen LogP contribution in [0, 0.1) is 0 Å². The molecular weight excluding hydrogens is 402 g/mol. The summed E-state index contributed by atoms with van der Waals surface area (Å²) in [5.74, 6) is -0.825. The number of halogens is 1. The fraction of sp³-hybridized carbons (Fsp3) is 0.133. The Bertz CT molecular complexity index is 882. The molecule has 0 saturated heterocycles. The van der Waals surface area contributed by atoms with Crippen LogP contribution in [-0.2, 0) is 10.0 Å². The largest absolute Gasteiger partial charge is 0.497 e. The minimum atomic E-state index is -4.09. The van der Waals surface area contributed by atoms with Gasteiger partial charge in [0.25, 0.3) is 10.0 Å². The Labute approximate surface area is 147 Å². The molecule has 2 aromatic carbocycles. The summed E-state index contributed by atoms with van der Waals surface area (Å²) in [4.78, 5) is 11.2. The maximum Gasteiger partial charge on any atom is 0.337 e. The van der Waals surface area contributed by atoms with Crippen molar-refractivity contribution in [2.24, 2.45) is 0 Å². The van der Waals surface area contributed by atoms with E-state index in [1.807, 2.05) is 0 Å². The van der Waals surface area contributed by atoms with E-state index in [0.717, 1.165) is 0 Å². The van der Waals surface area contributed by atoms with Crippen molar-refractivity contribution in [2.45, 2.75) is 4.90 Å². The first-order valence-electron chi connectivity index (χ1n) is 6.56. The molecule has 0 fully saturated rings. The van der Waals surface area contributed by atoms with E-state index < -0.39 is 16.0 Å². The lowest BCUT2D eigenvalue weighted by atomic mass is 10.2. The summed E-state index contributed by atoms with van der Waals surface area (Å²) in [6, 6.07) is 8.50. The molecule has 7 nitrogen and oxygen atoms in total. The first-order chi connectivity index (χ1) is 11.3. The van der Waals surface area contributed by atoms with E-state index in [1.54, 1.807) is 6.07 Å². The molecule has 0 aliphatic carbocycles. The second-order valence-electron chi connectivity index (χ2n) is 4.62. The highest BCUT2D eigenvalue weighted by molar-refractivity contribution is 9.10. The highest BCUT2D eigenvalue weighted by Gasteiger charge is 2.23. The van der Waals surface area contributed by atoms with Crippen molar-refractivity contribution in [3.05, 3.63) is 46.4 Å². The smallest absolute Gasteiger partial charge is 0.337 e. The van der Waals surface area contributed by atoms with Crippen molar-refractivity contribution in [2.75, 3.05) is 18.9 Å². The molecule has 9 heteroatoms. The van der Waals surface area contributed by atoms with Gasteiger partial charge in [0, 0.05) is 10.5 Å². The van der Waals surface area contributed by atoms with Crippen molar-refractivity contribution < 1.29 is 27.8 Å². The van der Waals surface area contributed by atoms with Crippen LogP contribution in [0.1, 0.15) is 10.4 Å². The molecule has 128 valence electrons. The molecule has 0 atom stereocenters. The van der Waals surface area contributed by atoms with Gasteiger partial charge in [-0.1, -0.05) is 15.9 Å². The SMILES string of the molecule is COc1ccc(OC)c(S(=O)(=O)Nc2ccc(Br)cc2C(=O)O)c1. The third kappa shape index (κ3) is 3.80. The second kappa shape index (κ2) is 7.10. The lowest BCUT2D eigenvalue weighted by Crippen LogP contribution is -2.16. The fourth-order valence-corrected chi connectivity index (χ4v) is 3.60. The summed E-state index contributed by atoms with van der Waals surface area (Å²) >= 11 is 3.15. The molecule has 0 saturated carbocycles. The molecule has 0 heterocycles. The Morgan fingerprint density at radius 2 is 1.83 bits per heavy atom. The van der Waals surface area contributed by atoms with Crippen LogP contribution < -0.4 is 14.2 Å². The van der Waals surface area contributed by atoms with Gasteiger partial charge in [-0.15, -0.1) is 0 Å². The van der Waals surface area contributed by atoms with Crippen molar-refractivity contribution in [3.63, 3.8) is 0 Å². The highest BCUT2D eigenvalue weighted by atomic mass is 79.9. The average Bonchev–Trinajstić information content (AvgIpc) is 2.55. The Kier molecular flexibility index (Phi) is 5.35. The van der Waals surface area contributed by atoms with E-state index in [2.05, 4.69) is 20.7 Å². The number of aromatic carboxylic acids is 1. The monoisotopic (exact) mass is 415 g/mol. The quantitative estimate of drug-likeness (QED) is 0.751. The maximum absolute atomic E-state index is 12.7. The summed E-state index contributed by atoms with van der Waals surface area (Å²) in [5, 5.41) is 9.24. The number of nitrogens with one attached hydrogen (secondary N) is 1. The van der Waals surface area contributed by atoms with Crippen molar-refractivity contribution >= 4 is 37.6 Å². The number of carboxylic acids is 1. The van der Waals surface area contributed by atoms with Gasteiger partial charge in [-0.25, -0.2) is 13.2 Å². The summed E-state index contributed by atoms with van der Waals surface area (Å²) in [6.45, 7) is 0. The Morgan fingerprint density at radius 3 is 2.42 bits per heavy atom. The summed E-state index contributed by atoms with van der Waals surface area (Å²) in [5.41, 5.74) is -0.245. The highest BCUT2D eigenvalue weighted by Crippen LogP contribution is 2.31. The van der Waals surface area contributed by atoms with Crippen LogP contribution in [0.4, 0.5) is 5.69 Å². The number of methoxy groups -OCH3 is 2. The van der Waals surface area contributed by atoms with Gasteiger partial charge in [-0.05, 0) is 30.3 Å². The number of carbonyl (C=O) groups is 1. The number of carboxylic acid groups (broad SMARTS) is 1. The third-order valence-corrected chi connectivity index (χ3v) is 5.00. The standard InChI is InChI=1S/C15H14BrNO6S/c1-22-10-4-6-13(23-2)14(8-10)24(20,21)17-12-5-3-9(16)7-11(12)15(18)19/h3-8,17H,1-2H3,(H,18,19). The summed E-state index contributed by atoms with van der Waals surface area (Å²) in [7, 11) is -1.35. The van der Waals surface area contributed by atoms with E-state index >= 15 is 0 Å². The molecule has 0 unspecified atom stereocenters. The second-order valence-corrected chi connectivity index (χ2v) is 7.18. The molecular formula is C15H14BrNO6S. The third-order valence-electron chi connectivity index (χ3n) is 3.12. The molecule has 2 N–H and O–H groups in total. The zero-order chi connectivity index (χ0) is 17.9. The molecule has 0 radical (unpaired) electrons. The van der Waals surface area contributed by atoms with Gasteiger partial charge in [0.1, 0.15) is 16.4 Å². The minimum Gasteiger partial charge on any atom is -0.497 e. The van der Waals surface area contributed by atoms with Gasteiger partial charge < -0.3 is 14.6 Å². The molecule has 0 aliphatic heterocycles. The van der Waals surface area contributed by atoms with Crippen LogP contribution in [0.15, 0.2) is 45.8 Å². The Hall–Kier alpha value is -2.26. The van der Waals surface area contributed by atoms with E-state index in [9.17, 15) is 18.3 Å². The van der Waals surface area contributed by atoms with Crippen molar-refractivity contribution in [3.8, 4) is 11.5 Å². The van der Waals surface area contributed by atoms with Gasteiger partial charge in [0.05, 0.1) is 25.5 Å². The lowest BCUT2D eigenvalue weighted by molar-refractivity contribution is 0.0698. The summed E-state index contributed by atoms with van der Waals surface area (Å²) in [6.07, 6.45) is 0. The van der Waals surface area contributed by atoms with Crippen LogP contribution in [0.5, 0.6) is 11.5 Å². The van der Waals surface area contributed by atoms with Gasteiger partial charge in [0.15, 0.2) is 0 Å². The number of sulfonamides is 1. The first-order valence-corrected chi connectivity index (χ1v) is 8.84. The number of anilines is 1. The molecule has 0 amide bonds. The number of benzene rings is 2.